The third kappa shape index (κ3) is 4.05. The number of nitrogens with two attached hydrogens (primary N) is 1. The lowest BCUT2D eigenvalue weighted by Gasteiger charge is -2.14. The number of rotatable bonds is 5. The zero-order chi connectivity index (χ0) is 13.0. The first-order valence-electron chi connectivity index (χ1n) is 5.06. The van der Waals surface area contributed by atoms with Gasteiger partial charge in [-0.05, 0) is 13.8 Å². The van der Waals surface area contributed by atoms with E-state index in [4.69, 9.17) is 15.2 Å². The van der Waals surface area contributed by atoms with Crippen molar-refractivity contribution in [2.24, 2.45) is 0 Å². The van der Waals surface area contributed by atoms with Crippen LogP contribution < -0.4 is 15.2 Å². The highest BCUT2D eigenvalue weighted by Crippen LogP contribution is 2.30. The maximum Gasteiger partial charge on any atom is 0.272 e. The van der Waals surface area contributed by atoms with E-state index in [0.717, 1.165) is 6.07 Å². The molecule has 1 aromatic carbocycles. The molecule has 0 heterocycles. The highest BCUT2D eigenvalue weighted by atomic mass is 19.3. The molecule has 0 atom stereocenters. The molecule has 0 aliphatic heterocycles. The van der Waals surface area contributed by atoms with Crippen LogP contribution in [0.4, 0.5) is 18.9 Å². The van der Waals surface area contributed by atoms with Gasteiger partial charge in [-0.3, -0.25) is 0 Å². The minimum Gasteiger partial charge on any atom is -0.488 e. The second-order valence-electron chi connectivity index (χ2n) is 3.69. The molecule has 1 rings (SSSR count). The molecule has 1 aromatic rings. The van der Waals surface area contributed by atoms with Crippen LogP contribution in [0.2, 0.25) is 0 Å². The number of benzene rings is 1. The van der Waals surface area contributed by atoms with Gasteiger partial charge in [-0.2, -0.15) is 0 Å². The second kappa shape index (κ2) is 5.65. The Balaban J connectivity index is 2.89. The summed E-state index contributed by atoms with van der Waals surface area (Å²) in [7, 11) is 0. The number of alkyl halides is 2. The summed E-state index contributed by atoms with van der Waals surface area (Å²) in [4.78, 5) is 0. The number of halogens is 3. The van der Waals surface area contributed by atoms with Gasteiger partial charge in [0.05, 0.1) is 11.8 Å². The van der Waals surface area contributed by atoms with Crippen molar-refractivity contribution >= 4 is 5.69 Å². The monoisotopic (exact) mass is 249 g/mol. The van der Waals surface area contributed by atoms with Gasteiger partial charge in [-0.1, -0.05) is 0 Å². The lowest BCUT2D eigenvalue weighted by Crippen LogP contribution is -2.10. The van der Waals surface area contributed by atoms with Gasteiger partial charge >= 0.3 is 0 Å². The van der Waals surface area contributed by atoms with Crippen LogP contribution >= 0.6 is 0 Å². The summed E-state index contributed by atoms with van der Waals surface area (Å²) < 4.78 is 47.2. The smallest absolute Gasteiger partial charge is 0.272 e. The summed E-state index contributed by atoms with van der Waals surface area (Å²) >= 11 is 0. The molecule has 0 amide bonds. The Hall–Kier alpha value is -1.59. The van der Waals surface area contributed by atoms with Gasteiger partial charge in [0, 0.05) is 12.1 Å². The van der Waals surface area contributed by atoms with Crippen LogP contribution in [0.15, 0.2) is 12.1 Å². The minimum absolute atomic E-state index is 0.0117. The molecular weight excluding hydrogens is 235 g/mol. The Kier molecular flexibility index (Phi) is 4.48. The second-order valence-corrected chi connectivity index (χ2v) is 3.69. The molecule has 0 radical (unpaired) electrons. The van der Waals surface area contributed by atoms with Gasteiger partial charge in [0.15, 0.2) is 11.6 Å². The highest BCUT2D eigenvalue weighted by Gasteiger charge is 2.13. The molecule has 0 aliphatic rings. The van der Waals surface area contributed by atoms with Crippen molar-refractivity contribution in [2.45, 2.75) is 26.4 Å². The molecule has 0 saturated carbocycles. The molecule has 0 aromatic heterocycles. The van der Waals surface area contributed by atoms with Crippen molar-refractivity contribution in [1.82, 2.24) is 0 Å². The zero-order valence-corrected chi connectivity index (χ0v) is 9.54. The summed E-state index contributed by atoms with van der Waals surface area (Å²) in [6, 6.07) is 2.16. The van der Waals surface area contributed by atoms with Crippen LogP contribution in [-0.2, 0) is 0 Å². The maximum atomic E-state index is 13.4. The van der Waals surface area contributed by atoms with Crippen LogP contribution in [0.5, 0.6) is 11.5 Å². The van der Waals surface area contributed by atoms with Gasteiger partial charge in [-0.25, -0.2) is 13.2 Å². The van der Waals surface area contributed by atoms with Crippen molar-refractivity contribution in [3.8, 4) is 11.5 Å². The van der Waals surface area contributed by atoms with Crippen molar-refractivity contribution in [3.63, 3.8) is 0 Å². The minimum atomic E-state index is -2.62. The van der Waals surface area contributed by atoms with E-state index in [-0.39, 0.29) is 23.3 Å². The molecule has 3 nitrogen and oxygen atoms in total. The third-order valence-corrected chi connectivity index (χ3v) is 1.79. The van der Waals surface area contributed by atoms with Gasteiger partial charge in [-0.15, -0.1) is 0 Å². The van der Waals surface area contributed by atoms with E-state index in [0.29, 0.717) is 0 Å². The Morgan fingerprint density at radius 1 is 1.24 bits per heavy atom. The topological polar surface area (TPSA) is 44.5 Å². The number of hydrogen-bond donors (Lipinski definition) is 1. The van der Waals surface area contributed by atoms with E-state index in [2.05, 4.69) is 0 Å². The van der Waals surface area contributed by atoms with Crippen LogP contribution in [0.1, 0.15) is 13.8 Å². The van der Waals surface area contributed by atoms with E-state index >= 15 is 0 Å². The summed E-state index contributed by atoms with van der Waals surface area (Å²) in [6.07, 6.45) is -2.86. The first-order chi connectivity index (χ1) is 7.90. The van der Waals surface area contributed by atoms with Crippen molar-refractivity contribution in [2.75, 3.05) is 12.3 Å². The normalized spacial score (nSPS) is 11.0. The van der Waals surface area contributed by atoms with E-state index in [1.807, 2.05) is 0 Å². The van der Waals surface area contributed by atoms with Gasteiger partial charge < -0.3 is 15.2 Å². The van der Waals surface area contributed by atoms with Crippen LogP contribution in [0.3, 0.4) is 0 Å². The molecule has 0 aliphatic carbocycles. The lowest BCUT2D eigenvalue weighted by molar-refractivity contribution is 0.0819. The highest BCUT2D eigenvalue weighted by molar-refractivity contribution is 5.56. The van der Waals surface area contributed by atoms with Crippen LogP contribution in [0.25, 0.3) is 0 Å². The number of nitrogen functional groups attached to an aromatic ring is 1. The fourth-order valence-corrected chi connectivity index (χ4v) is 1.17. The largest absolute Gasteiger partial charge is 0.488 e. The number of ether oxygens (including phenoxy) is 2. The summed E-state index contributed by atoms with van der Waals surface area (Å²) in [5.41, 5.74) is 5.40. The van der Waals surface area contributed by atoms with E-state index in [9.17, 15) is 13.2 Å². The molecule has 0 spiro atoms. The van der Waals surface area contributed by atoms with Crippen LogP contribution in [0, 0.1) is 5.82 Å². The molecule has 17 heavy (non-hydrogen) atoms. The van der Waals surface area contributed by atoms with Crippen LogP contribution in [-0.4, -0.2) is 19.1 Å². The SMILES string of the molecule is CC(C)Oc1cc(OCC(F)F)c(N)cc1F. The van der Waals surface area contributed by atoms with Crippen molar-refractivity contribution in [3.05, 3.63) is 17.9 Å². The molecule has 96 valence electrons. The Bertz CT molecular complexity index is 383. The predicted molar refractivity (Wildman–Crippen MR) is 58.1 cm³/mol. The fourth-order valence-electron chi connectivity index (χ4n) is 1.17. The number of hydrogen-bond acceptors (Lipinski definition) is 3. The molecule has 0 bridgehead atoms. The fraction of sp³-hybridized carbons (Fsp3) is 0.455. The first kappa shape index (κ1) is 13.5. The molecular formula is C11H14F3NO2. The Labute approximate surface area is 97.3 Å². The average Bonchev–Trinajstić information content (AvgIpc) is 2.19. The molecule has 0 fully saturated rings. The maximum absolute atomic E-state index is 13.4. The summed E-state index contributed by atoms with van der Waals surface area (Å²) in [6.45, 7) is 2.64. The molecule has 2 N–H and O–H groups in total. The average molecular weight is 249 g/mol. The van der Waals surface area contributed by atoms with E-state index in [1.54, 1.807) is 13.8 Å². The van der Waals surface area contributed by atoms with E-state index < -0.39 is 18.8 Å². The Morgan fingerprint density at radius 2 is 1.88 bits per heavy atom. The summed E-state index contributed by atoms with van der Waals surface area (Å²) in [5, 5.41) is 0. The standard InChI is InChI=1S/C11H14F3NO2/c1-6(2)17-9-4-10(16-5-11(13)14)8(15)3-7(9)12/h3-4,6,11H,5,15H2,1-2H3. The van der Waals surface area contributed by atoms with Gasteiger partial charge in [0.25, 0.3) is 6.43 Å². The summed E-state index contributed by atoms with van der Waals surface area (Å²) in [5.74, 6) is -0.735. The predicted octanol–water partition coefficient (Wildman–Crippen LogP) is 2.84. The quantitative estimate of drug-likeness (QED) is 0.816. The molecule has 0 unspecified atom stereocenters. The Morgan fingerprint density at radius 3 is 2.41 bits per heavy atom. The third-order valence-electron chi connectivity index (χ3n) is 1.79. The zero-order valence-electron chi connectivity index (χ0n) is 9.54. The van der Waals surface area contributed by atoms with E-state index in [1.165, 1.54) is 6.07 Å². The molecule has 0 saturated heterocycles. The molecule has 6 heteroatoms. The van der Waals surface area contributed by atoms with Crippen molar-refractivity contribution < 1.29 is 22.6 Å². The van der Waals surface area contributed by atoms with Gasteiger partial charge in [0.1, 0.15) is 12.4 Å². The first-order valence-corrected chi connectivity index (χ1v) is 5.06. The number of anilines is 1. The van der Waals surface area contributed by atoms with Crippen molar-refractivity contribution in [1.29, 1.82) is 0 Å². The lowest BCUT2D eigenvalue weighted by atomic mass is 10.2. The van der Waals surface area contributed by atoms with Gasteiger partial charge in [0.2, 0.25) is 0 Å².